The van der Waals surface area contributed by atoms with E-state index in [4.69, 9.17) is 9.47 Å². The molecule has 2 heterocycles. The Kier molecular flexibility index (Phi) is 5.79. The third kappa shape index (κ3) is 5.15. The van der Waals surface area contributed by atoms with E-state index in [0.29, 0.717) is 12.4 Å². The van der Waals surface area contributed by atoms with Crippen molar-refractivity contribution in [3.63, 3.8) is 0 Å². The van der Waals surface area contributed by atoms with Crippen LogP contribution in [0.15, 0.2) is 42.6 Å². The lowest BCUT2D eigenvalue weighted by Gasteiger charge is -2.15. The first kappa shape index (κ1) is 17.2. The highest BCUT2D eigenvalue weighted by atomic mass is 19.1. The van der Waals surface area contributed by atoms with Gasteiger partial charge in [-0.1, -0.05) is 6.07 Å². The number of carbonyl (C=O) groups is 1. The van der Waals surface area contributed by atoms with E-state index >= 15 is 0 Å². The fraction of sp³-hybridized carbons (Fsp3) is 0.333. The molecule has 1 saturated heterocycles. The second-order valence-electron chi connectivity index (χ2n) is 5.72. The number of aromatic nitrogens is 1. The standard InChI is InChI=1S/C18H20FN3O3/c19-13-6-7-17(25-12-15-5-3-9-24-15)16(10-13)22-18(23)21-11-14-4-1-2-8-20-14/h1-2,4,6-8,10,15H,3,5,9,11-12H2,(H2,21,22,23). The Morgan fingerprint density at radius 3 is 3.04 bits per heavy atom. The molecule has 0 saturated carbocycles. The Balaban J connectivity index is 1.57. The Morgan fingerprint density at radius 2 is 2.28 bits per heavy atom. The van der Waals surface area contributed by atoms with Crippen LogP contribution in [0.25, 0.3) is 0 Å². The summed E-state index contributed by atoms with van der Waals surface area (Å²) in [6, 6.07) is 9.00. The van der Waals surface area contributed by atoms with Crippen molar-refractivity contribution in [1.29, 1.82) is 0 Å². The van der Waals surface area contributed by atoms with Crippen molar-refractivity contribution < 1.29 is 18.7 Å². The lowest BCUT2D eigenvalue weighted by Crippen LogP contribution is -2.29. The minimum atomic E-state index is -0.460. The molecule has 1 aliphatic rings. The van der Waals surface area contributed by atoms with Crippen molar-refractivity contribution in [3.05, 3.63) is 54.1 Å². The number of ether oxygens (including phenoxy) is 2. The number of nitrogens with zero attached hydrogens (tertiary/aromatic N) is 1. The third-order valence-corrected chi connectivity index (χ3v) is 3.79. The summed E-state index contributed by atoms with van der Waals surface area (Å²) in [5, 5.41) is 5.29. The number of anilines is 1. The molecule has 25 heavy (non-hydrogen) atoms. The number of halogens is 1. The number of carbonyl (C=O) groups excluding carboxylic acids is 1. The SMILES string of the molecule is O=C(NCc1ccccn1)Nc1cc(F)ccc1OCC1CCCO1. The van der Waals surface area contributed by atoms with Gasteiger partial charge >= 0.3 is 6.03 Å². The van der Waals surface area contributed by atoms with Gasteiger partial charge in [0.05, 0.1) is 24.0 Å². The number of pyridine rings is 1. The number of urea groups is 1. The molecule has 3 rings (SSSR count). The molecular formula is C18H20FN3O3. The van der Waals surface area contributed by atoms with E-state index in [9.17, 15) is 9.18 Å². The second-order valence-corrected chi connectivity index (χ2v) is 5.72. The van der Waals surface area contributed by atoms with E-state index in [1.54, 1.807) is 18.3 Å². The maximum atomic E-state index is 13.5. The summed E-state index contributed by atoms with van der Waals surface area (Å²) in [5.41, 5.74) is 1.00. The molecule has 0 spiro atoms. The number of amides is 2. The van der Waals surface area contributed by atoms with Gasteiger partial charge in [-0.05, 0) is 37.1 Å². The zero-order valence-electron chi connectivity index (χ0n) is 13.7. The molecule has 1 aliphatic heterocycles. The molecule has 2 N–H and O–H groups in total. The average Bonchev–Trinajstić information content (AvgIpc) is 3.14. The zero-order valence-corrected chi connectivity index (χ0v) is 13.7. The maximum Gasteiger partial charge on any atom is 0.319 e. The number of benzene rings is 1. The number of hydrogen-bond donors (Lipinski definition) is 2. The molecule has 2 aromatic rings. The lowest BCUT2D eigenvalue weighted by molar-refractivity contribution is 0.0682. The fourth-order valence-electron chi connectivity index (χ4n) is 2.52. The molecule has 1 aromatic heterocycles. The van der Waals surface area contributed by atoms with E-state index in [0.717, 1.165) is 25.1 Å². The van der Waals surface area contributed by atoms with Crippen LogP contribution in [-0.4, -0.2) is 30.3 Å². The van der Waals surface area contributed by atoms with Crippen LogP contribution in [0, 0.1) is 5.82 Å². The first-order valence-corrected chi connectivity index (χ1v) is 8.19. The maximum absolute atomic E-state index is 13.5. The minimum Gasteiger partial charge on any atom is -0.489 e. The van der Waals surface area contributed by atoms with Crippen LogP contribution in [0.1, 0.15) is 18.5 Å². The topological polar surface area (TPSA) is 72.5 Å². The van der Waals surface area contributed by atoms with Gasteiger partial charge in [-0.25, -0.2) is 9.18 Å². The normalized spacial score (nSPS) is 16.4. The molecule has 0 bridgehead atoms. The summed E-state index contributed by atoms with van der Waals surface area (Å²) in [7, 11) is 0. The Hall–Kier alpha value is -2.67. The summed E-state index contributed by atoms with van der Waals surface area (Å²) in [5.74, 6) is -0.0469. The predicted molar refractivity (Wildman–Crippen MR) is 91.0 cm³/mol. The van der Waals surface area contributed by atoms with E-state index < -0.39 is 11.8 Å². The Bertz CT molecular complexity index is 706. The number of hydrogen-bond acceptors (Lipinski definition) is 4. The molecule has 0 radical (unpaired) electrons. The minimum absolute atomic E-state index is 0.0379. The highest BCUT2D eigenvalue weighted by Gasteiger charge is 2.17. The molecule has 7 heteroatoms. The van der Waals surface area contributed by atoms with Gasteiger partial charge in [0.1, 0.15) is 18.2 Å². The van der Waals surface area contributed by atoms with E-state index in [1.165, 1.54) is 18.2 Å². The first-order chi connectivity index (χ1) is 12.2. The van der Waals surface area contributed by atoms with Gasteiger partial charge in [0.2, 0.25) is 0 Å². The van der Waals surface area contributed by atoms with Crippen LogP contribution in [-0.2, 0) is 11.3 Å². The van der Waals surface area contributed by atoms with Gasteiger partial charge in [-0.2, -0.15) is 0 Å². The molecule has 1 atom stereocenters. The van der Waals surface area contributed by atoms with Crippen molar-refractivity contribution in [1.82, 2.24) is 10.3 Å². The molecule has 132 valence electrons. The molecule has 1 unspecified atom stereocenters. The van der Waals surface area contributed by atoms with E-state index in [1.807, 2.05) is 6.07 Å². The Labute approximate surface area is 145 Å². The van der Waals surface area contributed by atoms with Gasteiger partial charge < -0.3 is 20.1 Å². The fourth-order valence-corrected chi connectivity index (χ4v) is 2.52. The summed E-state index contributed by atoms with van der Waals surface area (Å²) in [4.78, 5) is 16.2. The van der Waals surface area contributed by atoms with E-state index in [-0.39, 0.29) is 18.3 Å². The monoisotopic (exact) mass is 345 g/mol. The van der Waals surface area contributed by atoms with Gasteiger partial charge in [-0.15, -0.1) is 0 Å². The zero-order chi connectivity index (χ0) is 17.5. The molecular weight excluding hydrogens is 325 g/mol. The van der Waals surface area contributed by atoms with Crippen molar-refractivity contribution in [2.24, 2.45) is 0 Å². The average molecular weight is 345 g/mol. The molecule has 0 aliphatic carbocycles. The molecule has 1 aromatic carbocycles. The van der Waals surface area contributed by atoms with Crippen molar-refractivity contribution in [2.45, 2.75) is 25.5 Å². The predicted octanol–water partition coefficient (Wildman–Crippen LogP) is 3.10. The molecule has 2 amide bonds. The highest BCUT2D eigenvalue weighted by Crippen LogP contribution is 2.26. The largest absolute Gasteiger partial charge is 0.489 e. The third-order valence-electron chi connectivity index (χ3n) is 3.79. The van der Waals surface area contributed by atoms with Gasteiger partial charge in [0.15, 0.2) is 0 Å². The molecule has 1 fully saturated rings. The summed E-state index contributed by atoms with van der Waals surface area (Å²) < 4.78 is 24.7. The van der Waals surface area contributed by atoms with Crippen LogP contribution >= 0.6 is 0 Å². The number of nitrogens with one attached hydrogen (secondary N) is 2. The lowest BCUT2D eigenvalue weighted by atomic mass is 10.2. The number of rotatable bonds is 6. The quantitative estimate of drug-likeness (QED) is 0.844. The smallest absolute Gasteiger partial charge is 0.319 e. The summed E-state index contributed by atoms with van der Waals surface area (Å²) in [6.45, 7) is 1.38. The van der Waals surface area contributed by atoms with Crippen molar-refractivity contribution >= 4 is 11.7 Å². The van der Waals surface area contributed by atoms with Crippen molar-refractivity contribution in [3.8, 4) is 5.75 Å². The van der Waals surface area contributed by atoms with Crippen molar-refractivity contribution in [2.75, 3.05) is 18.5 Å². The van der Waals surface area contributed by atoms with Gasteiger partial charge in [-0.3, -0.25) is 4.98 Å². The second kappa shape index (κ2) is 8.43. The van der Waals surface area contributed by atoms with Gasteiger partial charge in [0.25, 0.3) is 0 Å². The summed E-state index contributed by atoms with van der Waals surface area (Å²) >= 11 is 0. The van der Waals surface area contributed by atoms with Crippen LogP contribution in [0.5, 0.6) is 5.75 Å². The van der Waals surface area contributed by atoms with Crippen LogP contribution < -0.4 is 15.4 Å². The van der Waals surface area contributed by atoms with Gasteiger partial charge in [0, 0.05) is 18.9 Å². The van der Waals surface area contributed by atoms with Crippen LogP contribution in [0.2, 0.25) is 0 Å². The molecule has 6 nitrogen and oxygen atoms in total. The summed E-state index contributed by atoms with van der Waals surface area (Å²) in [6.07, 6.45) is 3.64. The van der Waals surface area contributed by atoms with E-state index in [2.05, 4.69) is 15.6 Å². The van der Waals surface area contributed by atoms with Crippen LogP contribution in [0.4, 0.5) is 14.9 Å². The highest BCUT2D eigenvalue weighted by molar-refractivity contribution is 5.90. The van der Waals surface area contributed by atoms with Crippen LogP contribution in [0.3, 0.4) is 0 Å². The first-order valence-electron chi connectivity index (χ1n) is 8.19. The Morgan fingerprint density at radius 1 is 1.36 bits per heavy atom.